The Morgan fingerprint density at radius 1 is 0.824 bits per heavy atom. The maximum Gasteiger partial charge on any atom is 0.152 e. The smallest absolute Gasteiger partial charge is 0.152 e. The van der Waals surface area contributed by atoms with Crippen LogP contribution in [-0.4, -0.2) is 0 Å². The lowest BCUT2D eigenvalue weighted by Gasteiger charge is -2.06. The molecule has 0 aliphatic rings. The second-order valence-corrected chi connectivity index (χ2v) is 4.54. The van der Waals surface area contributed by atoms with Crippen LogP contribution in [0.5, 0.6) is 0 Å². The zero-order valence-electron chi connectivity index (χ0n) is 8.28. The summed E-state index contributed by atoms with van der Waals surface area (Å²) in [6.45, 7) is 0. The Morgan fingerprint density at radius 2 is 1.53 bits per heavy atom. The van der Waals surface area contributed by atoms with Crippen molar-refractivity contribution in [3.63, 3.8) is 0 Å². The molecule has 88 valence electrons. The minimum Gasteiger partial charge on any atom is -0.205 e. The highest BCUT2D eigenvalue weighted by Gasteiger charge is 2.13. The van der Waals surface area contributed by atoms with E-state index in [2.05, 4.69) is 0 Å². The summed E-state index contributed by atoms with van der Waals surface area (Å²) in [5.41, 5.74) is 0.661. The molecule has 0 unspecified atom stereocenters. The maximum absolute atomic E-state index is 13.7. The van der Waals surface area contributed by atoms with Crippen LogP contribution in [0, 0.1) is 11.6 Å². The van der Waals surface area contributed by atoms with Crippen molar-refractivity contribution in [3.8, 4) is 11.1 Å². The Balaban J connectivity index is 2.61. The average Bonchev–Trinajstić information content (AvgIpc) is 2.30. The van der Waals surface area contributed by atoms with E-state index in [0.29, 0.717) is 15.6 Å². The fourth-order valence-corrected chi connectivity index (χ4v) is 1.88. The van der Waals surface area contributed by atoms with E-state index in [1.54, 1.807) is 6.07 Å². The lowest BCUT2D eigenvalue weighted by molar-refractivity contribution is 0.586. The van der Waals surface area contributed by atoms with Crippen LogP contribution >= 0.6 is 34.8 Å². The summed E-state index contributed by atoms with van der Waals surface area (Å²) in [6, 6.07) is 7.02. The minimum absolute atomic E-state index is 0.176. The van der Waals surface area contributed by atoms with Crippen LogP contribution < -0.4 is 0 Å². The molecule has 0 spiro atoms. The van der Waals surface area contributed by atoms with Crippen LogP contribution in [0.4, 0.5) is 8.78 Å². The number of halogens is 5. The maximum atomic E-state index is 13.7. The van der Waals surface area contributed by atoms with E-state index in [-0.39, 0.29) is 5.56 Å². The number of hydrogen-bond donors (Lipinski definition) is 0. The molecule has 0 saturated carbocycles. The second-order valence-electron chi connectivity index (χ2n) is 3.35. The molecule has 2 rings (SSSR count). The number of rotatable bonds is 1. The summed E-state index contributed by atoms with van der Waals surface area (Å²) in [6.07, 6.45) is 0. The zero-order chi connectivity index (χ0) is 12.6. The van der Waals surface area contributed by atoms with Gasteiger partial charge in [-0.3, -0.25) is 0 Å². The molecule has 0 bridgehead atoms. The van der Waals surface area contributed by atoms with Crippen molar-refractivity contribution in [2.24, 2.45) is 0 Å². The molecule has 2 aromatic rings. The van der Waals surface area contributed by atoms with Crippen LogP contribution in [0.1, 0.15) is 0 Å². The largest absolute Gasteiger partial charge is 0.205 e. The van der Waals surface area contributed by atoms with E-state index in [4.69, 9.17) is 34.8 Å². The Labute approximate surface area is 112 Å². The van der Waals surface area contributed by atoms with Gasteiger partial charge in [-0.1, -0.05) is 40.9 Å². The van der Waals surface area contributed by atoms with E-state index in [9.17, 15) is 8.78 Å². The molecule has 0 atom stereocenters. The van der Waals surface area contributed by atoms with Gasteiger partial charge < -0.3 is 0 Å². The second kappa shape index (κ2) is 4.81. The first-order valence-corrected chi connectivity index (χ1v) is 5.73. The van der Waals surface area contributed by atoms with Gasteiger partial charge in [-0.05, 0) is 29.8 Å². The lowest BCUT2D eigenvalue weighted by atomic mass is 10.1. The van der Waals surface area contributed by atoms with Gasteiger partial charge in [0, 0.05) is 5.56 Å². The average molecular weight is 294 g/mol. The van der Waals surface area contributed by atoms with E-state index in [1.165, 1.54) is 18.2 Å². The molecule has 0 aromatic heterocycles. The Morgan fingerprint density at radius 3 is 2.18 bits per heavy atom. The molecule has 0 nitrogen and oxygen atoms in total. The molecule has 17 heavy (non-hydrogen) atoms. The van der Waals surface area contributed by atoms with Crippen molar-refractivity contribution in [2.75, 3.05) is 0 Å². The summed E-state index contributed by atoms with van der Waals surface area (Å²) in [7, 11) is 0. The third-order valence-corrected chi connectivity index (χ3v) is 3.35. The molecule has 0 aliphatic carbocycles. The summed E-state index contributed by atoms with van der Waals surface area (Å²) < 4.78 is 26.7. The molecular formula is C12H5Cl3F2. The topological polar surface area (TPSA) is 0 Å². The summed E-state index contributed by atoms with van der Waals surface area (Å²) >= 11 is 17.1. The van der Waals surface area contributed by atoms with Crippen LogP contribution in [0.25, 0.3) is 11.1 Å². The highest BCUT2D eigenvalue weighted by atomic mass is 35.5. The molecular weight excluding hydrogens is 288 g/mol. The first-order valence-electron chi connectivity index (χ1n) is 4.59. The van der Waals surface area contributed by atoms with Gasteiger partial charge in [0.15, 0.2) is 5.82 Å². The summed E-state index contributed by atoms with van der Waals surface area (Å²) in [5.74, 6) is -1.61. The van der Waals surface area contributed by atoms with Crippen molar-refractivity contribution in [1.29, 1.82) is 0 Å². The quantitative estimate of drug-likeness (QED) is 0.601. The van der Waals surface area contributed by atoms with Gasteiger partial charge >= 0.3 is 0 Å². The Hall–Kier alpha value is -0.830. The van der Waals surface area contributed by atoms with E-state index in [1.807, 2.05) is 0 Å². The minimum atomic E-state index is -0.815. The summed E-state index contributed by atoms with van der Waals surface area (Å²) in [4.78, 5) is 0. The molecule has 0 saturated heterocycles. The third-order valence-electron chi connectivity index (χ3n) is 2.27. The predicted octanol–water partition coefficient (Wildman–Crippen LogP) is 5.59. The molecule has 0 N–H and O–H groups in total. The lowest BCUT2D eigenvalue weighted by Crippen LogP contribution is -1.89. The van der Waals surface area contributed by atoms with Crippen LogP contribution in [-0.2, 0) is 0 Å². The monoisotopic (exact) mass is 292 g/mol. The molecule has 0 amide bonds. The molecule has 2 aromatic carbocycles. The van der Waals surface area contributed by atoms with E-state index >= 15 is 0 Å². The van der Waals surface area contributed by atoms with Crippen molar-refractivity contribution in [1.82, 2.24) is 0 Å². The fraction of sp³-hybridized carbons (Fsp3) is 0. The normalized spacial score (nSPS) is 10.6. The van der Waals surface area contributed by atoms with Gasteiger partial charge in [-0.15, -0.1) is 0 Å². The van der Waals surface area contributed by atoms with Crippen LogP contribution in [0.15, 0.2) is 30.3 Å². The molecule has 0 aliphatic heterocycles. The fourth-order valence-electron chi connectivity index (χ4n) is 1.41. The van der Waals surface area contributed by atoms with Crippen molar-refractivity contribution >= 4 is 34.8 Å². The molecule has 5 heteroatoms. The van der Waals surface area contributed by atoms with Gasteiger partial charge in [0.05, 0.1) is 10.0 Å². The molecule has 0 radical (unpaired) electrons. The van der Waals surface area contributed by atoms with Crippen molar-refractivity contribution in [3.05, 3.63) is 57.0 Å². The number of benzene rings is 2. The van der Waals surface area contributed by atoms with Crippen molar-refractivity contribution in [2.45, 2.75) is 0 Å². The molecule has 0 heterocycles. The van der Waals surface area contributed by atoms with Gasteiger partial charge in [0.2, 0.25) is 0 Å². The summed E-state index contributed by atoms with van der Waals surface area (Å²) in [5, 5.41) is 0.127. The van der Waals surface area contributed by atoms with Crippen LogP contribution in [0.2, 0.25) is 15.1 Å². The zero-order valence-corrected chi connectivity index (χ0v) is 10.5. The van der Waals surface area contributed by atoms with Crippen molar-refractivity contribution < 1.29 is 8.78 Å². The SMILES string of the molecule is Fc1ccc(-c2ccc(Cl)c(Cl)c2)c(F)c1Cl. The predicted molar refractivity (Wildman–Crippen MR) is 66.8 cm³/mol. The molecule has 0 fully saturated rings. The first kappa shape index (κ1) is 12.6. The Kier molecular flexibility index (Phi) is 3.57. The number of hydrogen-bond acceptors (Lipinski definition) is 0. The highest BCUT2D eigenvalue weighted by molar-refractivity contribution is 6.42. The van der Waals surface area contributed by atoms with Gasteiger partial charge in [-0.25, -0.2) is 8.78 Å². The van der Waals surface area contributed by atoms with Gasteiger partial charge in [0.25, 0.3) is 0 Å². The van der Waals surface area contributed by atoms with Gasteiger partial charge in [-0.2, -0.15) is 0 Å². The van der Waals surface area contributed by atoms with E-state index < -0.39 is 16.7 Å². The highest BCUT2D eigenvalue weighted by Crippen LogP contribution is 2.33. The van der Waals surface area contributed by atoms with Gasteiger partial charge in [0.1, 0.15) is 10.8 Å². The third kappa shape index (κ3) is 2.39. The van der Waals surface area contributed by atoms with Crippen LogP contribution in [0.3, 0.4) is 0 Å². The standard InChI is InChI=1S/C12H5Cl3F2/c13-8-3-1-6(5-9(8)14)7-2-4-10(16)11(15)12(7)17/h1-5H. The van der Waals surface area contributed by atoms with E-state index in [0.717, 1.165) is 6.07 Å². The Bertz CT molecular complexity index is 582. The first-order chi connectivity index (χ1) is 8.00.